The lowest BCUT2D eigenvalue weighted by Gasteiger charge is -2.38. The Hall–Kier alpha value is -1.88. The molecule has 2 N–H and O–H groups in total. The lowest BCUT2D eigenvalue weighted by Crippen LogP contribution is -2.54. The highest BCUT2D eigenvalue weighted by atomic mass is 16.5. The molecular formula is C18H23NO4. The zero-order valence-electron chi connectivity index (χ0n) is 13.2. The number of carboxylic acids is 1. The van der Waals surface area contributed by atoms with Gasteiger partial charge in [-0.15, -0.1) is 0 Å². The molecule has 1 heterocycles. The summed E-state index contributed by atoms with van der Waals surface area (Å²) in [5, 5.41) is 12.3. The highest BCUT2D eigenvalue weighted by molar-refractivity contribution is 5.85. The second-order valence-corrected chi connectivity index (χ2v) is 6.60. The van der Waals surface area contributed by atoms with Crippen molar-refractivity contribution in [3.05, 3.63) is 35.4 Å². The lowest BCUT2D eigenvalue weighted by atomic mass is 9.80. The Labute approximate surface area is 136 Å². The van der Waals surface area contributed by atoms with Gasteiger partial charge in [-0.1, -0.05) is 24.3 Å². The standard InChI is InChI=1S/C18H23NO4/c20-16(21)12-18(8-10-23-11-9-18)19-17(22)15-7-3-5-13-4-1-2-6-14(13)15/h1-2,4,6,15H,3,5,7-12H2,(H,19,22)(H,20,21)/t15-/m1/s1. The van der Waals surface area contributed by atoms with Crippen molar-refractivity contribution < 1.29 is 19.4 Å². The third kappa shape index (κ3) is 3.55. The monoisotopic (exact) mass is 317 g/mol. The minimum absolute atomic E-state index is 0.0414. The van der Waals surface area contributed by atoms with E-state index in [9.17, 15) is 14.7 Å². The Morgan fingerprint density at radius 1 is 1.26 bits per heavy atom. The maximum atomic E-state index is 12.9. The molecule has 5 nitrogen and oxygen atoms in total. The van der Waals surface area contributed by atoms with Gasteiger partial charge in [-0.3, -0.25) is 9.59 Å². The molecule has 1 fully saturated rings. The van der Waals surface area contributed by atoms with E-state index < -0.39 is 11.5 Å². The van der Waals surface area contributed by atoms with E-state index in [4.69, 9.17) is 4.74 Å². The predicted molar refractivity (Wildman–Crippen MR) is 85.3 cm³/mol. The third-order valence-corrected chi connectivity index (χ3v) is 5.01. The first-order valence-corrected chi connectivity index (χ1v) is 8.29. The van der Waals surface area contributed by atoms with E-state index in [0.29, 0.717) is 26.1 Å². The molecule has 0 spiro atoms. The molecule has 0 saturated carbocycles. The zero-order chi connectivity index (χ0) is 16.3. The fourth-order valence-corrected chi connectivity index (χ4v) is 3.77. The van der Waals surface area contributed by atoms with Crippen LogP contribution in [0.25, 0.3) is 0 Å². The maximum Gasteiger partial charge on any atom is 0.305 e. The van der Waals surface area contributed by atoms with Crippen LogP contribution in [0.4, 0.5) is 0 Å². The summed E-state index contributed by atoms with van der Waals surface area (Å²) in [6, 6.07) is 8.07. The summed E-state index contributed by atoms with van der Waals surface area (Å²) in [6.07, 6.45) is 3.88. The molecule has 0 bridgehead atoms. The van der Waals surface area contributed by atoms with Crippen LogP contribution in [0, 0.1) is 0 Å². The minimum atomic E-state index is -0.878. The molecular weight excluding hydrogens is 294 g/mol. The van der Waals surface area contributed by atoms with Crippen LogP contribution >= 0.6 is 0 Å². The number of aliphatic carboxylic acids is 1. The van der Waals surface area contributed by atoms with Crippen molar-refractivity contribution in [2.24, 2.45) is 0 Å². The average Bonchev–Trinajstić information content (AvgIpc) is 2.54. The van der Waals surface area contributed by atoms with Crippen molar-refractivity contribution in [3.63, 3.8) is 0 Å². The first-order valence-electron chi connectivity index (χ1n) is 8.29. The summed E-state index contributed by atoms with van der Waals surface area (Å²) in [5.41, 5.74) is 1.65. The number of hydrogen-bond acceptors (Lipinski definition) is 3. The number of hydrogen-bond donors (Lipinski definition) is 2. The average molecular weight is 317 g/mol. The molecule has 3 rings (SSSR count). The van der Waals surface area contributed by atoms with E-state index in [1.54, 1.807) is 0 Å². The topological polar surface area (TPSA) is 75.6 Å². The van der Waals surface area contributed by atoms with Crippen LogP contribution in [0.5, 0.6) is 0 Å². The van der Waals surface area contributed by atoms with Gasteiger partial charge in [0.1, 0.15) is 0 Å². The van der Waals surface area contributed by atoms with Gasteiger partial charge >= 0.3 is 5.97 Å². The molecule has 0 unspecified atom stereocenters. The van der Waals surface area contributed by atoms with E-state index in [-0.39, 0.29) is 18.2 Å². The van der Waals surface area contributed by atoms with Gasteiger partial charge in [-0.2, -0.15) is 0 Å². The lowest BCUT2D eigenvalue weighted by molar-refractivity contribution is -0.140. The number of carbonyl (C=O) groups excluding carboxylic acids is 1. The number of fused-ring (bicyclic) bond motifs is 1. The van der Waals surface area contributed by atoms with E-state index in [1.165, 1.54) is 5.56 Å². The highest BCUT2D eigenvalue weighted by Crippen LogP contribution is 2.33. The summed E-state index contributed by atoms with van der Waals surface area (Å²) >= 11 is 0. The van der Waals surface area contributed by atoms with Crippen LogP contribution in [0.3, 0.4) is 0 Å². The third-order valence-electron chi connectivity index (χ3n) is 5.01. The summed E-state index contributed by atoms with van der Waals surface area (Å²) in [5.74, 6) is -1.09. The molecule has 124 valence electrons. The second-order valence-electron chi connectivity index (χ2n) is 6.60. The summed E-state index contributed by atoms with van der Waals surface area (Å²) < 4.78 is 5.35. The quantitative estimate of drug-likeness (QED) is 0.893. The van der Waals surface area contributed by atoms with Gasteiger partial charge in [0.05, 0.1) is 17.9 Å². The number of carboxylic acid groups (broad SMARTS) is 1. The van der Waals surface area contributed by atoms with Crippen LogP contribution in [0.1, 0.15) is 49.1 Å². The van der Waals surface area contributed by atoms with Crippen LogP contribution in [0.2, 0.25) is 0 Å². The Morgan fingerprint density at radius 3 is 2.74 bits per heavy atom. The first kappa shape index (κ1) is 16.0. The molecule has 2 aliphatic rings. The molecule has 1 amide bonds. The number of aryl methyl sites for hydroxylation is 1. The number of ether oxygens (including phenoxy) is 1. The minimum Gasteiger partial charge on any atom is -0.481 e. The van der Waals surface area contributed by atoms with Crippen molar-refractivity contribution in [2.75, 3.05) is 13.2 Å². The van der Waals surface area contributed by atoms with E-state index in [2.05, 4.69) is 11.4 Å². The van der Waals surface area contributed by atoms with Crippen molar-refractivity contribution >= 4 is 11.9 Å². The van der Waals surface area contributed by atoms with Gasteiger partial charge in [0.15, 0.2) is 0 Å². The van der Waals surface area contributed by atoms with Gasteiger partial charge < -0.3 is 15.2 Å². The number of nitrogens with one attached hydrogen (secondary N) is 1. The number of amides is 1. The molecule has 5 heteroatoms. The van der Waals surface area contributed by atoms with Crippen LogP contribution in [-0.4, -0.2) is 35.7 Å². The maximum absolute atomic E-state index is 12.9. The largest absolute Gasteiger partial charge is 0.481 e. The SMILES string of the molecule is O=C(O)CC1(NC(=O)[C@@H]2CCCc3ccccc32)CCOCC1. The Morgan fingerprint density at radius 2 is 2.00 bits per heavy atom. The molecule has 0 radical (unpaired) electrons. The molecule has 1 aromatic carbocycles. The van der Waals surface area contributed by atoms with E-state index in [1.807, 2.05) is 18.2 Å². The normalized spacial score (nSPS) is 22.9. The number of carbonyl (C=O) groups is 2. The molecule has 0 aromatic heterocycles. The Bertz CT molecular complexity index is 592. The van der Waals surface area contributed by atoms with Crippen molar-refractivity contribution in [3.8, 4) is 0 Å². The summed E-state index contributed by atoms with van der Waals surface area (Å²) in [4.78, 5) is 24.1. The van der Waals surface area contributed by atoms with E-state index in [0.717, 1.165) is 24.8 Å². The van der Waals surface area contributed by atoms with Crippen LogP contribution < -0.4 is 5.32 Å². The van der Waals surface area contributed by atoms with Gasteiger partial charge in [0.2, 0.25) is 5.91 Å². The fourth-order valence-electron chi connectivity index (χ4n) is 3.77. The Balaban J connectivity index is 1.78. The van der Waals surface area contributed by atoms with Crippen LogP contribution in [0.15, 0.2) is 24.3 Å². The van der Waals surface area contributed by atoms with Gasteiger partial charge in [-0.25, -0.2) is 0 Å². The second kappa shape index (κ2) is 6.71. The summed E-state index contributed by atoms with van der Waals surface area (Å²) in [7, 11) is 0. The number of rotatable bonds is 4. The van der Waals surface area contributed by atoms with Crippen molar-refractivity contribution in [1.82, 2.24) is 5.32 Å². The zero-order valence-corrected chi connectivity index (χ0v) is 13.2. The molecule has 23 heavy (non-hydrogen) atoms. The molecule has 1 saturated heterocycles. The van der Waals surface area contributed by atoms with Crippen molar-refractivity contribution in [1.29, 1.82) is 0 Å². The van der Waals surface area contributed by atoms with Crippen molar-refractivity contribution in [2.45, 2.75) is 50.0 Å². The molecule has 1 aromatic rings. The highest BCUT2D eigenvalue weighted by Gasteiger charge is 2.38. The Kier molecular flexibility index (Phi) is 4.66. The first-order chi connectivity index (χ1) is 11.1. The molecule has 1 aliphatic heterocycles. The van der Waals surface area contributed by atoms with Crippen LogP contribution in [-0.2, 0) is 20.7 Å². The fraction of sp³-hybridized carbons (Fsp3) is 0.556. The predicted octanol–water partition coefficient (Wildman–Crippen LogP) is 2.25. The van der Waals surface area contributed by atoms with Gasteiger partial charge in [0, 0.05) is 13.2 Å². The van der Waals surface area contributed by atoms with E-state index >= 15 is 0 Å². The smallest absolute Gasteiger partial charge is 0.305 e. The number of benzene rings is 1. The van der Waals surface area contributed by atoms with Gasteiger partial charge in [0.25, 0.3) is 0 Å². The molecule has 1 atom stereocenters. The van der Waals surface area contributed by atoms with Gasteiger partial charge in [-0.05, 0) is 43.2 Å². The summed E-state index contributed by atoms with van der Waals surface area (Å²) in [6.45, 7) is 0.990. The molecule has 1 aliphatic carbocycles.